The number of para-hydroxylation sites is 1. The van der Waals surface area contributed by atoms with Gasteiger partial charge in [0.15, 0.2) is 0 Å². The minimum Gasteiger partial charge on any atom is -0.497 e. The molecule has 1 heterocycles. The van der Waals surface area contributed by atoms with Crippen molar-refractivity contribution in [3.63, 3.8) is 0 Å². The number of anilines is 2. The van der Waals surface area contributed by atoms with E-state index in [1.165, 1.54) is 0 Å². The molecule has 1 aliphatic rings. The third-order valence-electron chi connectivity index (χ3n) is 4.69. The fraction of sp³-hybridized carbons (Fsp3) is 0.238. The second-order valence-corrected chi connectivity index (χ2v) is 6.41. The Kier molecular flexibility index (Phi) is 5.77. The second kappa shape index (κ2) is 8.24. The standard InChI is InChI=1S/C21H23N3O4/c1-14(24(22)19(26)9-6-12-25)20-17-11-10-16(28-2)13-18(17)23(21(20)27)15-7-4-3-5-8-15/h3-5,7-8,10-11,13,25H,6,9,12,22H2,1-2H3/b20-14-. The Hall–Kier alpha value is -3.16. The number of nitrogens with two attached hydrogens (primary N) is 1. The molecule has 7 heteroatoms. The van der Waals surface area contributed by atoms with Gasteiger partial charge in [0.25, 0.3) is 5.91 Å². The summed E-state index contributed by atoms with van der Waals surface area (Å²) in [5.74, 6) is 5.98. The lowest BCUT2D eigenvalue weighted by Crippen LogP contribution is -2.37. The summed E-state index contributed by atoms with van der Waals surface area (Å²) in [5.41, 5.74) is 2.78. The zero-order valence-electron chi connectivity index (χ0n) is 15.9. The van der Waals surface area contributed by atoms with Crippen LogP contribution < -0.4 is 15.5 Å². The molecular formula is C21H23N3O4. The van der Waals surface area contributed by atoms with E-state index in [1.54, 1.807) is 37.1 Å². The molecule has 0 saturated carbocycles. The van der Waals surface area contributed by atoms with Crippen molar-refractivity contribution in [2.24, 2.45) is 5.84 Å². The van der Waals surface area contributed by atoms with E-state index < -0.39 is 0 Å². The summed E-state index contributed by atoms with van der Waals surface area (Å²) >= 11 is 0. The highest BCUT2D eigenvalue weighted by atomic mass is 16.5. The average Bonchev–Trinajstić information content (AvgIpc) is 3.02. The molecule has 3 N–H and O–H groups in total. The molecular weight excluding hydrogens is 358 g/mol. The lowest BCUT2D eigenvalue weighted by molar-refractivity contribution is -0.129. The number of nitrogens with zero attached hydrogens (tertiary/aromatic N) is 2. The van der Waals surface area contributed by atoms with Crippen LogP contribution in [0.15, 0.2) is 54.2 Å². The monoisotopic (exact) mass is 381 g/mol. The fourth-order valence-electron chi connectivity index (χ4n) is 3.21. The highest BCUT2D eigenvalue weighted by Crippen LogP contribution is 2.44. The van der Waals surface area contributed by atoms with E-state index in [0.29, 0.717) is 40.4 Å². The summed E-state index contributed by atoms with van der Waals surface area (Å²) in [6.07, 6.45) is 0.413. The van der Waals surface area contributed by atoms with Gasteiger partial charge in [0.2, 0.25) is 5.91 Å². The van der Waals surface area contributed by atoms with Gasteiger partial charge >= 0.3 is 0 Å². The van der Waals surface area contributed by atoms with E-state index in [9.17, 15) is 9.59 Å². The first-order valence-corrected chi connectivity index (χ1v) is 8.97. The highest BCUT2D eigenvalue weighted by molar-refractivity contribution is 6.35. The molecule has 0 fully saturated rings. The van der Waals surface area contributed by atoms with Crippen molar-refractivity contribution in [1.82, 2.24) is 5.01 Å². The number of aliphatic hydroxyl groups is 1. The molecule has 0 unspecified atom stereocenters. The first-order chi connectivity index (χ1) is 13.5. The zero-order valence-corrected chi connectivity index (χ0v) is 15.9. The number of hydrogen-bond acceptors (Lipinski definition) is 5. The van der Waals surface area contributed by atoms with Gasteiger partial charge < -0.3 is 9.84 Å². The average molecular weight is 381 g/mol. The maximum Gasteiger partial charge on any atom is 0.265 e. The van der Waals surface area contributed by atoms with Crippen molar-refractivity contribution in [1.29, 1.82) is 0 Å². The number of allylic oxidation sites excluding steroid dienone is 1. The Morgan fingerprint density at radius 1 is 1.21 bits per heavy atom. The van der Waals surface area contributed by atoms with Crippen LogP contribution in [0.2, 0.25) is 0 Å². The molecule has 0 saturated heterocycles. The maximum absolute atomic E-state index is 13.3. The molecule has 0 aromatic heterocycles. The van der Waals surface area contributed by atoms with Gasteiger partial charge in [-0.1, -0.05) is 18.2 Å². The number of ether oxygens (including phenoxy) is 1. The SMILES string of the molecule is COc1ccc2c(c1)N(c1ccccc1)C(=O)/C2=C(/C)N(N)C(=O)CCCO. The smallest absolute Gasteiger partial charge is 0.265 e. The third-order valence-corrected chi connectivity index (χ3v) is 4.69. The Morgan fingerprint density at radius 3 is 2.57 bits per heavy atom. The van der Waals surface area contributed by atoms with Crippen molar-refractivity contribution in [2.45, 2.75) is 19.8 Å². The first kappa shape index (κ1) is 19.6. The van der Waals surface area contributed by atoms with E-state index in [1.807, 2.05) is 30.3 Å². The van der Waals surface area contributed by atoms with Crippen molar-refractivity contribution in [2.75, 3.05) is 18.6 Å². The molecule has 0 radical (unpaired) electrons. The van der Waals surface area contributed by atoms with Crippen LogP contribution in [0.25, 0.3) is 5.57 Å². The molecule has 3 rings (SSSR count). The van der Waals surface area contributed by atoms with Gasteiger partial charge in [-0.3, -0.25) is 19.5 Å². The number of carbonyl (C=O) groups is 2. The van der Waals surface area contributed by atoms with Gasteiger partial charge in [-0.25, -0.2) is 5.84 Å². The van der Waals surface area contributed by atoms with Crippen molar-refractivity contribution in [3.05, 3.63) is 59.8 Å². The van der Waals surface area contributed by atoms with Gasteiger partial charge in [0.1, 0.15) is 5.75 Å². The molecule has 0 atom stereocenters. The van der Waals surface area contributed by atoms with Crippen molar-refractivity contribution >= 4 is 28.8 Å². The molecule has 2 aromatic carbocycles. The number of rotatable bonds is 6. The lowest BCUT2D eigenvalue weighted by atomic mass is 10.0. The molecule has 0 bridgehead atoms. The summed E-state index contributed by atoms with van der Waals surface area (Å²) in [5, 5.41) is 9.92. The largest absolute Gasteiger partial charge is 0.497 e. The molecule has 146 valence electrons. The van der Waals surface area contributed by atoms with Gasteiger partial charge in [-0.05, 0) is 37.6 Å². The quantitative estimate of drug-likeness (QED) is 0.347. The molecule has 28 heavy (non-hydrogen) atoms. The molecule has 1 aliphatic heterocycles. The number of aliphatic hydroxyl groups excluding tert-OH is 1. The molecule has 7 nitrogen and oxygen atoms in total. The summed E-state index contributed by atoms with van der Waals surface area (Å²) in [6.45, 7) is 1.55. The van der Waals surface area contributed by atoms with Crippen LogP contribution in [0.5, 0.6) is 5.75 Å². The van der Waals surface area contributed by atoms with Gasteiger partial charge in [0.05, 0.1) is 18.4 Å². The predicted molar refractivity (Wildman–Crippen MR) is 107 cm³/mol. The van der Waals surface area contributed by atoms with Crippen LogP contribution >= 0.6 is 0 Å². The number of amides is 2. The second-order valence-electron chi connectivity index (χ2n) is 6.41. The topological polar surface area (TPSA) is 96.1 Å². The number of benzene rings is 2. The number of hydrazine groups is 1. The Balaban J connectivity index is 2.11. The van der Waals surface area contributed by atoms with Crippen molar-refractivity contribution < 1.29 is 19.4 Å². The van der Waals surface area contributed by atoms with Crippen LogP contribution in [0.1, 0.15) is 25.3 Å². The highest BCUT2D eigenvalue weighted by Gasteiger charge is 2.36. The lowest BCUT2D eigenvalue weighted by Gasteiger charge is -2.20. The summed E-state index contributed by atoms with van der Waals surface area (Å²) in [4.78, 5) is 27.2. The summed E-state index contributed by atoms with van der Waals surface area (Å²) in [7, 11) is 1.56. The van der Waals surface area contributed by atoms with E-state index >= 15 is 0 Å². The molecule has 0 spiro atoms. The van der Waals surface area contributed by atoms with E-state index in [0.717, 1.165) is 5.01 Å². The first-order valence-electron chi connectivity index (χ1n) is 8.97. The number of methoxy groups -OCH3 is 1. The van der Waals surface area contributed by atoms with Crippen molar-refractivity contribution in [3.8, 4) is 5.75 Å². The Bertz CT molecular complexity index is 925. The predicted octanol–water partition coefficient (Wildman–Crippen LogP) is 2.58. The normalized spacial score (nSPS) is 14.7. The van der Waals surface area contributed by atoms with Gasteiger partial charge in [-0.15, -0.1) is 0 Å². The van der Waals surface area contributed by atoms with Crippen LogP contribution in [-0.4, -0.2) is 35.6 Å². The van der Waals surface area contributed by atoms with E-state index in [-0.39, 0.29) is 24.8 Å². The number of fused-ring (bicyclic) bond motifs is 1. The van der Waals surface area contributed by atoms with Gasteiger partial charge in [-0.2, -0.15) is 0 Å². The maximum atomic E-state index is 13.3. The fourth-order valence-corrected chi connectivity index (χ4v) is 3.21. The molecule has 2 amide bonds. The molecule has 2 aromatic rings. The van der Waals surface area contributed by atoms with Crippen LogP contribution in [0, 0.1) is 0 Å². The van der Waals surface area contributed by atoms with Crippen LogP contribution in [0.4, 0.5) is 11.4 Å². The summed E-state index contributed by atoms with van der Waals surface area (Å²) < 4.78 is 5.32. The Labute approximate surface area is 163 Å². The number of carbonyl (C=O) groups excluding carboxylic acids is 2. The van der Waals surface area contributed by atoms with Crippen LogP contribution in [-0.2, 0) is 9.59 Å². The number of hydrogen-bond donors (Lipinski definition) is 2. The van der Waals surface area contributed by atoms with Gasteiger partial charge in [0, 0.05) is 36.0 Å². The minimum atomic E-state index is -0.361. The minimum absolute atomic E-state index is 0.0987. The third kappa shape index (κ3) is 3.49. The Morgan fingerprint density at radius 2 is 1.93 bits per heavy atom. The summed E-state index contributed by atoms with van der Waals surface area (Å²) in [6, 6.07) is 14.6. The van der Waals surface area contributed by atoms with E-state index in [4.69, 9.17) is 15.7 Å². The molecule has 0 aliphatic carbocycles. The van der Waals surface area contributed by atoms with E-state index in [2.05, 4.69) is 0 Å². The van der Waals surface area contributed by atoms with Crippen LogP contribution in [0.3, 0.4) is 0 Å². The zero-order chi connectivity index (χ0) is 20.3.